The molecule has 1 heterocycles. The highest BCUT2D eigenvalue weighted by Gasteiger charge is 2.21. The molecule has 0 spiro atoms. The van der Waals surface area contributed by atoms with Crippen molar-refractivity contribution in [3.63, 3.8) is 0 Å². The minimum Gasteiger partial charge on any atom is -0.294 e. The summed E-state index contributed by atoms with van der Waals surface area (Å²) in [7, 11) is -3.73. The summed E-state index contributed by atoms with van der Waals surface area (Å²) in [5.41, 5.74) is 3.71. The summed E-state index contributed by atoms with van der Waals surface area (Å²) in [5, 5.41) is 0. The van der Waals surface area contributed by atoms with Crippen LogP contribution in [-0.4, -0.2) is 13.0 Å². The number of benzene rings is 3. The fraction of sp³-hybridized carbons (Fsp3) is 0.174. The third-order valence-electron chi connectivity index (χ3n) is 5.12. The normalized spacial score (nSPS) is 12.9. The number of fused-ring (bicyclic) bond motifs is 1. The van der Waals surface area contributed by atoms with Gasteiger partial charge in [0.2, 0.25) is 10.0 Å². The van der Waals surface area contributed by atoms with Gasteiger partial charge in [-0.3, -0.25) is 9.36 Å². The number of hydrogen-bond donors (Lipinski definition) is 1. The lowest BCUT2D eigenvalue weighted by atomic mass is 10.0. The van der Waals surface area contributed by atoms with Crippen LogP contribution in [0.4, 0.5) is 0 Å². The van der Waals surface area contributed by atoms with Gasteiger partial charge in [-0.2, -0.15) is 0 Å². The first kappa shape index (κ1) is 20.5. The zero-order chi connectivity index (χ0) is 21.3. The van der Waals surface area contributed by atoms with Crippen LogP contribution in [0.2, 0.25) is 0 Å². The minimum atomic E-state index is -3.73. The molecule has 1 atom stereocenters. The number of nitrogens with zero attached hydrogens (tertiary/aromatic N) is 1. The fourth-order valence-electron chi connectivity index (χ4n) is 3.57. The van der Waals surface area contributed by atoms with Crippen LogP contribution in [0.1, 0.15) is 29.7 Å². The van der Waals surface area contributed by atoms with E-state index in [1.807, 2.05) is 68.4 Å². The lowest BCUT2D eigenvalue weighted by molar-refractivity contribution is 0.566. The average molecular weight is 439 g/mol. The monoisotopic (exact) mass is 438 g/mol. The van der Waals surface area contributed by atoms with Crippen LogP contribution < -0.4 is 9.60 Å². The second-order valence-electron chi connectivity index (χ2n) is 7.27. The van der Waals surface area contributed by atoms with Gasteiger partial charge in [0.15, 0.2) is 0 Å². The van der Waals surface area contributed by atoms with E-state index < -0.39 is 10.0 Å². The van der Waals surface area contributed by atoms with Gasteiger partial charge in [-0.15, -0.1) is 0 Å². The maximum Gasteiger partial charge on any atom is 0.308 e. The highest BCUT2D eigenvalue weighted by molar-refractivity contribution is 7.89. The molecule has 0 saturated carbocycles. The predicted molar refractivity (Wildman–Crippen MR) is 122 cm³/mol. The van der Waals surface area contributed by atoms with Crippen molar-refractivity contribution in [3.05, 3.63) is 99.2 Å². The standard InChI is InChI=1S/C23H22N2O3S2/c1-16-8-6-7-11-20(16)17(2)24-30(27,28)19-12-13-21-22(14-19)29-23(26)25(21)15-18-9-4-3-5-10-18/h3-14,17,24H,15H2,1-2H3/t17-/m1/s1. The Morgan fingerprint density at radius 2 is 1.70 bits per heavy atom. The van der Waals surface area contributed by atoms with Gasteiger partial charge in [-0.1, -0.05) is 65.9 Å². The second kappa shape index (κ2) is 8.18. The molecule has 0 aliphatic rings. The summed E-state index contributed by atoms with van der Waals surface area (Å²) in [6, 6.07) is 21.9. The molecule has 0 amide bonds. The first-order valence-electron chi connectivity index (χ1n) is 9.60. The van der Waals surface area contributed by atoms with E-state index in [0.717, 1.165) is 33.5 Å². The fourth-order valence-corrected chi connectivity index (χ4v) is 5.82. The van der Waals surface area contributed by atoms with Crippen molar-refractivity contribution < 1.29 is 8.42 Å². The zero-order valence-electron chi connectivity index (χ0n) is 16.7. The molecule has 4 rings (SSSR count). The second-order valence-corrected chi connectivity index (χ2v) is 9.98. The molecule has 154 valence electrons. The maximum atomic E-state index is 13.0. The van der Waals surface area contributed by atoms with Gasteiger partial charge in [-0.05, 0) is 48.7 Å². The molecule has 0 aliphatic heterocycles. The Balaban J connectivity index is 1.65. The van der Waals surface area contributed by atoms with Crippen molar-refractivity contribution in [2.45, 2.75) is 31.3 Å². The maximum absolute atomic E-state index is 13.0. The molecule has 0 aliphatic carbocycles. The largest absolute Gasteiger partial charge is 0.308 e. The zero-order valence-corrected chi connectivity index (χ0v) is 18.3. The van der Waals surface area contributed by atoms with Crippen molar-refractivity contribution in [1.82, 2.24) is 9.29 Å². The summed E-state index contributed by atoms with van der Waals surface area (Å²) >= 11 is 1.06. The summed E-state index contributed by atoms with van der Waals surface area (Å²) in [5.74, 6) is 0. The third-order valence-corrected chi connectivity index (χ3v) is 7.60. The summed E-state index contributed by atoms with van der Waals surface area (Å²) in [6.45, 7) is 4.24. The Kier molecular flexibility index (Phi) is 5.60. The molecule has 7 heteroatoms. The van der Waals surface area contributed by atoms with Crippen LogP contribution >= 0.6 is 11.3 Å². The van der Waals surface area contributed by atoms with Crippen molar-refractivity contribution in [1.29, 1.82) is 0 Å². The van der Waals surface area contributed by atoms with Crippen molar-refractivity contribution in [2.24, 2.45) is 0 Å². The van der Waals surface area contributed by atoms with E-state index in [0.29, 0.717) is 11.2 Å². The van der Waals surface area contributed by atoms with E-state index >= 15 is 0 Å². The lowest BCUT2D eigenvalue weighted by Crippen LogP contribution is -2.27. The molecule has 5 nitrogen and oxygen atoms in total. The number of nitrogens with one attached hydrogen (secondary N) is 1. The Morgan fingerprint density at radius 1 is 1.00 bits per heavy atom. The van der Waals surface area contributed by atoms with E-state index in [4.69, 9.17) is 0 Å². The Morgan fingerprint density at radius 3 is 2.43 bits per heavy atom. The molecule has 1 N–H and O–H groups in total. The van der Waals surface area contributed by atoms with Gasteiger partial charge in [0.25, 0.3) is 0 Å². The highest BCUT2D eigenvalue weighted by Crippen LogP contribution is 2.25. The van der Waals surface area contributed by atoms with Crippen LogP contribution in [0, 0.1) is 6.92 Å². The molecule has 4 aromatic rings. The molecule has 0 radical (unpaired) electrons. The van der Waals surface area contributed by atoms with Gasteiger partial charge >= 0.3 is 4.87 Å². The first-order chi connectivity index (χ1) is 14.3. The molecule has 0 unspecified atom stereocenters. The Bertz CT molecular complexity index is 1360. The molecule has 0 saturated heterocycles. The number of rotatable bonds is 6. The predicted octanol–water partition coefficient (Wildman–Crippen LogP) is 4.46. The van der Waals surface area contributed by atoms with E-state index in [1.54, 1.807) is 22.8 Å². The van der Waals surface area contributed by atoms with Gasteiger partial charge in [0, 0.05) is 6.04 Å². The number of sulfonamides is 1. The van der Waals surface area contributed by atoms with E-state index in [9.17, 15) is 13.2 Å². The number of aromatic nitrogens is 1. The van der Waals surface area contributed by atoms with Crippen molar-refractivity contribution >= 4 is 31.6 Å². The number of aryl methyl sites for hydroxylation is 1. The molecule has 0 bridgehead atoms. The minimum absolute atomic E-state index is 0.107. The average Bonchev–Trinajstić information content (AvgIpc) is 3.03. The molecule has 0 fully saturated rings. The number of hydrogen-bond acceptors (Lipinski definition) is 4. The SMILES string of the molecule is Cc1ccccc1[C@@H](C)NS(=O)(=O)c1ccc2c(c1)sc(=O)n2Cc1ccccc1. The van der Waals surface area contributed by atoms with Gasteiger partial charge in [0.1, 0.15) is 0 Å². The lowest BCUT2D eigenvalue weighted by Gasteiger charge is -2.17. The number of thiazole rings is 1. The highest BCUT2D eigenvalue weighted by atomic mass is 32.2. The molecular weight excluding hydrogens is 416 g/mol. The van der Waals surface area contributed by atoms with E-state index in [1.165, 1.54) is 0 Å². The summed E-state index contributed by atoms with van der Waals surface area (Å²) in [6.07, 6.45) is 0. The first-order valence-corrected chi connectivity index (χ1v) is 11.9. The molecule has 1 aromatic heterocycles. The quantitative estimate of drug-likeness (QED) is 0.483. The van der Waals surface area contributed by atoms with Gasteiger partial charge < -0.3 is 0 Å². The van der Waals surface area contributed by atoms with E-state index in [2.05, 4.69) is 4.72 Å². The van der Waals surface area contributed by atoms with Gasteiger partial charge in [-0.25, -0.2) is 13.1 Å². The van der Waals surface area contributed by atoms with Crippen LogP contribution in [0.25, 0.3) is 10.2 Å². The van der Waals surface area contributed by atoms with Crippen LogP contribution in [0.15, 0.2) is 82.5 Å². The summed E-state index contributed by atoms with van der Waals surface area (Å²) < 4.78 is 31.0. The van der Waals surface area contributed by atoms with Crippen LogP contribution in [0.5, 0.6) is 0 Å². The topological polar surface area (TPSA) is 68.2 Å². The molecule has 3 aromatic carbocycles. The molecular formula is C23H22N2O3S2. The summed E-state index contributed by atoms with van der Waals surface area (Å²) in [4.78, 5) is 12.6. The Labute approximate surface area is 179 Å². The smallest absolute Gasteiger partial charge is 0.294 e. The molecule has 30 heavy (non-hydrogen) atoms. The van der Waals surface area contributed by atoms with Crippen molar-refractivity contribution in [2.75, 3.05) is 0 Å². The van der Waals surface area contributed by atoms with Crippen LogP contribution in [-0.2, 0) is 16.6 Å². The van der Waals surface area contributed by atoms with Gasteiger partial charge in [0.05, 0.1) is 21.7 Å². The Hall–Kier alpha value is -2.74. The van der Waals surface area contributed by atoms with E-state index in [-0.39, 0.29) is 15.8 Å². The van der Waals surface area contributed by atoms with Crippen LogP contribution in [0.3, 0.4) is 0 Å². The third kappa shape index (κ3) is 4.09. The van der Waals surface area contributed by atoms with Crippen molar-refractivity contribution in [3.8, 4) is 0 Å².